The van der Waals surface area contributed by atoms with E-state index in [0.29, 0.717) is 5.56 Å². The predicted octanol–water partition coefficient (Wildman–Crippen LogP) is 4.43. The Balaban J connectivity index is 1.89. The summed E-state index contributed by atoms with van der Waals surface area (Å²) in [5.41, 5.74) is -0.140. The van der Waals surface area contributed by atoms with Crippen LogP contribution in [0.15, 0.2) is 54.6 Å². The summed E-state index contributed by atoms with van der Waals surface area (Å²) in [7, 11) is 0. The first-order chi connectivity index (χ1) is 12.6. The molecule has 2 rings (SSSR count). The fourth-order valence-corrected chi connectivity index (χ4v) is 1.99. The number of nitrogens with one attached hydrogen (secondary N) is 1. The molecule has 1 unspecified atom stereocenters. The third-order valence-electron chi connectivity index (χ3n) is 3.42. The van der Waals surface area contributed by atoms with Crippen molar-refractivity contribution < 1.29 is 31.9 Å². The van der Waals surface area contributed by atoms with Crippen LogP contribution < -0.4 is 5.32 Å². The Hall–Kier alpha value is -3.16. The van der Waals surface area contributed by atoms with E-state index in [1.807, 2.05) is 0 Å². The van der Waals surface area contributed by atoms with Gasteiger partial charge in [0, 0.05) is 11.8 Å². The van der Waals surface area contributed by atoms with Gasteiger partial charge in [-0.25, -0.2) is 9.18 Å². The number of esters is 1. The Bertz CT molecular complexity index is 828. The van der Waals surface area contributed by atoms with Gasteiger partial charge in [-0.05, 0) is 55.0 Å². The summed E-state index contributed by atoms with van der Waals surface area (Å²) in [5, 5.41) is 2.36. The van der Waals surface area contributed by atoms with Crippen LogP contribution >= 0.6 is 0 Å². The number of ether oxygens (including phenoxy) is 1. The molecule has 0 heterocycles. The largest absolute Gasteiger partial charge is 0.449 e. The van der Waals surface area contributed by atoms with Gasteiger partial charge in [0.05, 0.1) is 5.56 Å². The van der Waals surface area contributed by atoms with E-state index in [-0.39, 0.29) is 5.69 Å². The number of anilines is 1. The molecule has 8 heteroatoms. The van der Waals surface area contributed by atoms with E-state index in [1.54, 1.807) is 0 Å². The highest BCUT2D eigenvalue weighted by atomic mass is 19.4. The molecule has 1 atom stereocenters. The van der Waals surface area contributed by atoms with E-state index in [4.69, 9.17) is 4.74 Å². The number of amides is 1. The maximum Gasteiger partial charge on any atom is 0.416 e. The van der Waals surface area contributed by atoms with Gasteiger partial charge in [-0.2, -0.15) is 13.2 Å². The number of rotatable bonds is 5. The average molecular weight is 381 g/mol. The van der Waals surface area contributed by atoms with Gasteiger partial charge in [0.15, 0.2) is 6.10 Å². The molecule has 0 aliphatic carbocycles. The van der Waals surface area contributed by atoms with Crippen molar-refractivity contribution in [2.24, 2.45) is 0 Å². The highest BCUT2D eigenvalue weighted by molar-refractivity contribution is 5.96. The van der Waals surface area contributed by atoms with E-state index >= 15 is 0 Å². The summed E-state index contributed by atoms with van der Waals surface area (Å²) in [6.45, 7) is 1.32. The number of benzene rings is 2. The Morgan fingerprint density at radius 1 is 1.04 bits per heavy atom. The SMILES string of the molecule is CC(OC(=O)/C=C/c1ccc(F)cc1)C(=O)Nc1ccc(C(F)(F)F)cc1. The smallest absolute Gasteiger partial charge is 0.416 e. The lowest BCUT2D eigenvalue weighted by atomic mass is 10.2. The summed E-state index contributed by atoms with van der Waals surface area (Å²) >= 11 is 0. The molecule has 0 bridgehead atoms. The van der Waals surface area contributed by atoms with E-state index < -0.39 is 35.5 Å². The quantitative estimate of drug-likeness (QED) is 0.474. The fraction of sp³-hybridized carbons (Fsp3) is 0.158. The Morgan fingerprint density at radius 3 is 2.19 bits per heavy atom. The number of alkyl halides is 3. The van der Waals surface area contributed by atoms with Crippen LogP contribution in [0.25, 0.3) is 6.08 Å². The Morgan fingerprint density at radius 2 is 1.63 bits per heavy atom. The maximum atomic E-state index is 12.8. The first-order valence-corrected chi connectivity index (χ1v) is 7.77. The molecule has 1 N–H and O–H groups in total. The fourth-order valence-electron chi connectivity index (χ4n) is 1.99. The summed E-state index contributed by atoms with van der Waals surface area (Å²) in [4.78, 5) is 23.7. The van der Waals surface area contributed by atoms with E-state index in [2.05, 4.69) is 5.32 Å². The summed E-state index contributed by atoms with van der Waals surface area (Å²) in [6, 6.07) is 9.23. The number of hydrogen-bond acceptors (Lipinski definition) is 3. The van der Waals surface area contributed by atoms with Crippen LogP contribution in [0.1, 0.15) is 18.1 Å². The number of hydrogen-bond donors (Lipinski definition) is 1. The normalized spacial score (nSPS) is 12.6. The van der Waals surface area contributed by atoms with Crippen LogP contribution in [0, 0.1) is 5.82 Å². The Kier molecular flexibility index (Phi) is 6.33. The van der Waals surface area contributed by atoms with Gasteiger partial charge in [0.1, 0.15) is 5.82 Å². The monoisotopic (exact) mass is 381 g/mol. The molecule has 2 aromatic rings. The predicted molar refractivity (Wildman–Crippen MR) is 91.1 cm³/mol. The highest BCUT2D eigenvalue weighted by Gasteiger charge is 2.30. The topological polar surface area (TPSA) is 55.4 Å². The first-order valence-electron chi connectivity index (χ1n) is 7.77. The lowest BCUT2D eigenvalue weighted by molar-refractivity contribution is -0.148. The molecule has 0 saturated heterocycles. The molecular weight excluding hydrogens is 366 g/mol. The molecule has 27 heavy (non-hydrogen) atoms. The summed E-state index contributed by atoms with van der Waals surface area (Å²) in [5.74, 6) is -1.91. The minimum Gasteiger partial charge on any atom is -0.449 e. The van der Waals surface area contributed by atoms with Gasteiger partial charge in [0.2, 0.25) is 0 Å². The molecule has 0 aromatic heterocycles. The zero-order chi connectivity index (χ0) is 20.0. The molecule has 0 saturated carbocycles. The molecule has 0 aliphatic heterocycles. The molecule has 1 amide bonds. The molecule has 0 spiro atoms. The van der Waals surface area contributed by atoms with Crippen molar-refractivity contribution in [1.29, 1.82) is 0 Å². The van der Waals surface area contributed by atoms with Crippen molar-refractivity contribution in [3.8, 4) is 0 Å². The molecular formula is C19H15F4NO3. The van der Waals surface area contributed by atoms with E-state index in [0.717, 1.165) is 30.3 Å². The molecule has 0 fully saturated rings. The average Bonchev–Trinajstić information content (AvgIpc) is 2.61. The van der Waals surface area contributed by atoms with Crippen molar-refractivity contribution in [1.82, 2.24) is 0 Å². The summed E-state index contributed by atoms with van der Waals surface area (Å²) in [6.07, 6.45) is -3.17. The summed E-state index contributed by atoms with van der Waals surface area (Å²) < 4.78 is 55.2. The third kappa shape index (κ3) is 6.25. The van der Waals surface area contributed by atoms with Crippen LogP contribution in [0.4, 0.5) is 23.2 Å². The van der Waals surface area contributed by atoms with Gasteiger partial charge in [-0.15, -0.1) is 0 Å². The zero-order valence-corrected chi connectivity index (χ0v) is 14.1. The minimum absolute atomic E-state index is 0.137. The molecule has 0 aliphatic rings. The molecule has 142 valence electrons. The van der Waals surface area contributed by atoms with Gasteiger partial charge in [-0.3, -0.25) is 4.79 Å². The maximum absolute atomic E-state index is 12.8. The lowest BCUT2D eigenvalue weighted by Gasteiger charge is -2.13. The van der Waals surface area contributed by atoms with E-state index in [1.165, 1.54) is 37.3 Å². The van der Waals surface area contributed by atoms with Crippen LogP contribution in [0.2, 0.25) is 0 Å². The number of carbonyl (C=O) groups is 2. The second-order valence-electron chi connectivity index (χ2n) is 5.53. The first kappa shape index (κ1) is 20.2. The number of carbonyl (C=O) groups excluding carboxylic acids is 2. The van der Waals surface area contributed by atoms with Gasteiger partial charge >= 0.3 is 12.1 Å². The van der Waals surface area contributed by atoms with Crippen molar-refractivity contribution in [2.45, 2.75) is 19.2 Å². The van der Waals surface area contributed by atoms with Crippen molar-refractivity contribution >= 4 is 23.6 Å². The van der Waals surface area contributed by atoms with Crippen LogP contribution in [0.3, 0.4) is 0 Å². The third-order valence-corrected chi connectivity index (χ3v) is 3.42. The molecule has 2 aromatic carbocycles. The standard InChI is InChI=1S/C19H15F4NO3/c1-12(27-17(25)11-4-13-2-7-15(20)8-3-13)18(26)24-16-9-5-14(6-10-16)19(21,22)23/h2-12H,1H3,(H,24,26)/b11-4+. The van der Waals surface area contributed by atoms with E-state index in [9.17, 15) is 27.2 Å². The van der Waals surface area contributed by atoms with Crippen LogP contribution in [-0.4, -0.2) is 18.0 Å². The van der Waals surface area contributed by atoms with Gasteiger partial charge < -0.3 is 10.1 Å². The zero-order valence-electron chi connectivity index (χ0n) is 14.1. The molecule has 0 radical (unpaired) electrons. The second kappa shape index (κ2) is 8.48. The van der Waals surface area contributed by atoms with Crippen LogP contribution in [0.5, 0.6) is 0 Å². The molecule has 4 nitrogen and oxygen atoms in total. The van der Waals surface area contributed by atoms with Gasteiger partial charge in [-0.1, -0.05) is 12.1 Å². The number of halogens is 4. The van der Waals surface area contributed by atoms with Gasteiger partial charge in [0.25, 0.3) is 5.91 Å². The second-order valence-corrected chi connectivity index (χ2v) is 5.53. The van der Waals surface area contributed by atoms with Crippen molar-refractivity contribution in [3.05, 3.63) is 71.6 Å². The van der Waals surface area contributed by atoms with Crippen molar-refractivity contribution in [2.75, 3.05) is 5.32 Å². The minimum atomic E-state index is -4.47. The Labute approximate surface area is 152 Å². The van der Waals surface area contributed by atoms with Crippen LogP contribution in [-0.2, 0) is 20.5 Å². The van der Waals surface area contributed by atoms with Crippen molar-refractivity contribution in [3.63, 3.8) is 0 Å². The lowest BCUT2D eigenvalue weighted by Crippen LogP contribution is -2.29. The highest BCUT2D eigenvalue weighted by Crippen LogP contribution is 2.29.